The van der Waals surface area contributed by atoms with Gasteiger partial charge in [0.15, 0.2) is 0 Å². The van der Waals surface area contributed by atoms with Gasteiger partial charge in [0, 0.05) is 19.1 Å². The molecule has 1 aliphatic heterocycles. The van der Waals surface area contributed by atoms with Crippen LogP contribution in [0, 0.1) is 12.7 Å². The highest BCUT2D eigenvalue weighted by molar-refractivity contribution is 5.29. The lowest BCUT2D eigenvalue weighted by Gasteiger charge is -2.45. The number of hydrogen-bond acceptors (Lipinski definition) is 4. The maximum Gasteiger partial charge on any atom is 0.137 e. The van der Waals surface area contributed by atoms with Gasteiger partial charge in [0.2, 0.25) is 0 Å². The van der Waals surface area contributed by atoms with Gasteiger partial charge in [0.05, 0.1) is 6.10 Å². The normalized spacial score (nSPS) is 24.7. The summed E-state index contributed by atoms with van der Waals surface area (Å²) >= 11 is 0. The Morgan fingerprint density at radius 3 is 2.60 bits per heavy atom. The minimum absolute atomic E-state index is 0.000703. The fourth-order valence-electron chi connectivity index (χ4n) is 3.64. The molecule has 2 rings (SSSR count). The molecule has 142 valence electrons. The van der Waals surface area contributed by atoms with Gasteiger partial charge in [-0.3, -0.25) is 4.90 Å². The van der Waals surface area contributed by atoms with E-state index < -0.39 is 11.7 Å². The molecule has 0 saturated carbocycles. The van der Waals surface area contributed by atoms with Crippen LogP contribution < -0.4 is 4.74 Å². The van der Waals surface area contributed by atoms with Crippen molar-refractivity contribution in [2.24, 2.45) is 0 Å². The highest BCUT2D eigenvalue weighted by atomic mass is 19.1. The molecule has 0 aromatic heterocycles. The fraction of sp³-hybridized carbons (Fsp3) is 0.700. The average molecular weight is 353 g/mol. The molecule has 0 bridgehead atoms. The Morgan fingerprint density at radius 1 is 1.32 bits per heavy atom. The van der Waals surface area contributed by atoms with Crippen LogP contribution in [0.15, 0.2) is 18.2 Å². The predicted molar refractivity (Wildman–Crippen MR) is 97.4 cm³/mol. The first-order valence-corrected chi connectivity index (χ1v) is 9.43. The summed E-state index contributed by atoms with van der Waals surface area (Å²) in [5, 5.41) is 21.3. The van der Waals surface area contributed by atoms with Crippen LogP contribution in [0.25, 0.3) is 0 Å². The smallest absolute Gasteiger partial charge is 0.137 e. The molecule has 0 amide bonds. The summed E-state index contributed by atoms with van der Waals surface area (Å²) in [7, 11) is 0. The highest BCUT2D eigenvalue weighted by Crippen LogP contribution is 2.27. The molecular formula is C20H32FNO3. The summed E-state index contributed by atoms with van der Waals surface area (Å²) < 4.78 is 19.1. The number of rotatable bonds is 8. The third kappa shape index (κ3) is 5.16. The molecule has 1 heterocycles. The van der Waals surface area contributed by atoms with E-state index in [9.17, 15) is 14.6 Å². The van der Waals surface area contributed by atoms with Gasteiger partial charge in [-0.1, -0.05) is 26.7 Å². The Kier molecular flexibility index (Phi) is 7.23. The molecular weight excluding hydrogens is 321 g/mol. The van der Waals surface area contributed by atoms with Crippen molar-refractivity contribution in [1.82, 2.24) is 4.90 Å². The Bertz CT molecular complexity index is 548. The fourth-order valence-corrected chi connectivity index (χ4v) is 3.64. The Labute approximate surface area is 150 Å². The van der Waals surface area contributed by atoms with Crippen LogP contribution in [0.3, 0.4) is 0 Å². The van der Waals surface area contributed by atoms with Gasteiger partial charge < -0.3 is 14.9 Å². The summed E-state index contributed by atoms with van der Waals surface area (Å²) in [6, 6.07) is 4.96. The number of nitrogens with zero attached hydrogens (tertiary/aromatic N) is 1. The van der Waals surface area contributed by atoms with E-state index >= 15 is 0 Å². The van der Waals surface area contributed by atoms with Gasteiger partial charge in [-0.15, -0.1) is 0 Å². The number of ether oxygens (including phenoxy) is 1. The van der Waals surface area contributed by atoms with E-state index in [0.29, 0.717) is 30.3 Å². The number of piperidine rings is 1. The molecule has 1 aromatic carbocycles. The summed E-state index contributed by atoms with van der Waals surface area (Å²) in [6.45, 7) is 7.22. The minimum atomic E-state index is -1.31. The molecule has 0 unspecified atom stereocenters. The van der Waals surface area contributed by atoms with Gasteiger partial charge in [0.25, 0.3) is 0 Å². The number of hydrogen-bond donors (Lipinski definition) is 2. The quantitative estimate of drug-likeness (QED) is 0.753. The second kappa shape index (κ2) is 8.97. The third-order valence-corrected chi connectivity index (χ3v) is 5.17. The molecule has 4 nitrogen and oxygen atoms in total. The molecule has 1 fully saturated rings. The predicted octanol–water partition coefficient (Wildman–Crippen LogP) is 3.28. The summed E-state index contributed by atoms with van der Waals surface area (Å²) in [5.74, 6) is 0.229. The van der Waals surface area contributed by atoms with Crippen molar-refractivity contribution in [1.29, 1.82) is 0 Å². The number of benzene rings is 1. The lowest BCUT2D eigenvalue weighted by molar-refractivity contribution is -0.146. The van der Waals surface area contributed by atoms with Gasteiger partial charge >= 0.3 is 0 Å². The van der Waals surface area contributed by atoms with Crippen LogP contribution in [0.5, 0.6) is 5.75 Å². The van der Waals surface area contributed by atoms with Crippen molar-refractivity contribution in [2.75, 3.05) is 19.7 Å². The minimum Gasteiger partial charge on any atom is -0.490 e. The lowest BCUT2D eigenvalue weighted by atomic mass is 9.88. The summed E-state index contributed by atoms with van der Waals surface area (Å²) in [6.07, 6.45) is 4.12. The van der Waals surface area contributed by atoms with Crippen LogP contribution >= 0.6 is 0 Å². The van der Waals surface area contributed by atoms with Gasteiger partial charge in [0.1, 0.15) is 23.8 Å². The molecule has 2 atom stereocenters. The first-order chi connectivity index (χ1) is 11.9. The summed E-state index contributed by atoms with van der Waals surface area (Å²) in [5.41, 5.74) is -0.804. The summed E-state index contributed by atoms with van der Waals surface area (Å²) in [4.78, 5) is 2.29. The maximum absolute atomic E-state index is 13.4. The zero-order chi connectivity index (χ0) is 18.4. The molecule has 1 aromatic rings. The lowest BCUT2D eigenvalue weighted by Crippen LogP contribution is -2.61. The van der Waals surface area contributed by atoms with E-state index in [0.717, 1.165) is 32.2 Å². The first-order valence-electron chi connectivity index (χ1n) is 9.43. The van der Waals surface area contributed by atoms with Crippen LogP contribution in [0.1, 0.15) is 51.5 Å². The largest absolute Gasteiger partial charge is 0.490 e. The molecule has 0 radical (unpaired) electrons. The van der Waals surface area contributed by atoms with E-state index in [2.05, 4.69) is 18.7 Å². The van der Waals surface area contributed by atoms with Crippen molar-refractivity contribution in [3.05, 3.63) is 29.6 Å². The SMILES string of the molecule is CCCC(CCC)N1CC[C@H](O)[C@@](O)(COc2ccc(F)c(C)c2)C1. The van der Waals surface area contributed by atoms with Crippen molar-refractivity contribution >= 4 is 0 Å². The van der Waals surface area contributed by atoms with E-state index in [1.165, 1.54) is 6.07 Å². The zero-order valence-electron chi connectivity index (χ0n) is 15.7. The van der Waals surface area contributed by atoms with E-state index in [-0.39, 0.29) is 12.4 Å². The monoisotopic (exact) mass is 353 g/mol. The van der Waals surface area contributed by atoms with Gasteiger partial charge in [-0.25, -0.2) is 4.39 Å². The molecule has 1 saturated heterocycles. The zero-order valence-corrected chi connectivity index (χ0v) is 15.7. The van der Waals surface area contributed by atoms with Crippen molar-refractivity contribution in [3.8, 4) is 5.75 Å². The second-order valence-corrected chi connectivity index (χ2v) is 7.31. The van der Waals surface area contributed by atoms with Crippen molar-refractivity contribution in [3.63, 3.8) is 0 Å². The molecule has 5 heteroatoms. The Morgan fingerprint density at radius 2 is 2.00 bits per heavy atom. The number of likely N-dealkylation sites (tertiary alicyclic amines) is 1. The highest BCUT2D eigenvalue weighted by Gasteiger charge is 2.43. The van der Waals surface area contributed by atoms with Crippen LogP contribution in [0.4, 0.5) is 4.39 Å². The third-order valence-electron chi connectivity index (χ3n) is 5.17. The molecule has 0 spiro atoms. The molecule has 0 aliphatic carbocycles. The molecule has 2 N–H and O–H groups in total. The topological polar surface area (TPSA) is 52.9 Å². The van der Waals surface area contributed by atoms with Gasteiger partial charge in [-0.05, 0) is 49.9 Å². The van der Waals surface area contributed by atoms with E-state index in [1.54, 1.807) is 19.1 Å². The van der Waals surface area contributed by atoms with Crippen LogP contribution in [0.2, 0.25) is 0 Å². The number of halogens is 1. The number of aliphatic hydroxyl groups is 2. The number of β-amino-alcohol motifs (C(OH)–C–C–N with tert-alkyl or cyclic N) is 1. The number of aliphatic hydroxyl groups excluding tert-OH is 1. The Balaban J connectivity index is 2.03. The van der Waals surface area contributed by atoms with Crippen molar-refractivity contribution in [2.45, 2.75) is 70.6 Å². The van der Waals surface area contributed by atoms with Crippen molar-refractivity contribution < 1.29 is 19.3 Å². The van der Waals surface area contributed by atoms with E-state index in [1.807, 2.05) is 0 Å². The average Bonchev–Trinajstić information content (AvgIpc) is 2.58. The standard InChI is InChI=1S/C20H32FNO3/c1-4-6-16(7-5-2)22-11-10-19(23)20(24,13-22)14-25-17-8-9-18(21)15(3)12-17/h8-9,12,16,19,23-24H,4-7,10-11,13-14H2,1-3H3/t19-,20-/m0/s1. The molecule has 1 aliphatic rings. The molecule has 25 heavy (non-hydrogen) atoms. The first kappa shape index (κ1) is 20.1. The van der Waals surface area contributed by atoms with Crippen LogP contribution in [-0.4, -0.2) is 52.6 Å². The van der Waals surface area contributed by atoms with E-state index in [4.69, 9.17) is 4.74 Å². The Hall–Kier alpha value is -1.17. The number of aryl methyl sites for hydroxylation is 1. The van der Waals surface area contributed by atoms with Crippen LogP contribution in [-0.2, 0) is 0 Å². The second-order valence-electron chi connectivity index (χ2n) is 7.31. The maximum atomic E-state index is 13.4. The van der Waals surface area contributed by atoms with Gasteiger partial charge in [-0.2, -0.15) is 0 Å².